The molecule has 0 saturated carbocycles. The molecule has 1 aliphatic carbocycles. The number of rotatable bonds is 8. The monoisotopic (exact) mass is 732 g/mol. The van der Waals surface area contributed by atoms with Gasteiger partial charge in [-0.25, -0.2) is 4.99 Å². The van der Waals surface area contributed by atoms with E-state index in [9.17, 15) is 5.26 Å². The van der Waals surface area contributed by atoms with E-state index in [1.807, 2.05) is 30.4 Å². The highest BCUT2D eigenvalue weighted by atomic mass is 15.0. The molecule has 9 rings (SSSR count). The summed E-state index contributed by atoms with van der Waals surface area (Å²) in [7, 11) is 0. The maximum atomic E-state index is 10.4. The molecule has 4 heteroatoms. The first-order valence-corrected chi connectivity index (χ1v) is 19.5. The van der Waals surface area contributed by atoms with Crippen LogP contribution in [0.1, 0.15) is 24.5 Å². The summed E-state index contributed by atoms with van der Waals surface area (Å²) < 4.78 is 2.39. The molecule has 1 aliphatic rings. The molecule has 0 bridgehead atoms. The van der Waals surface area contributed by atoms with Crippen LogP contribution in [0.2, 0.25) is 0 Å². The summed E-state index contributed by atoms with van der Waals surface area (Å²) in [5, 5.41) is 12.7. The lowest BCUT2D eigenvalue weighted by Gasteiger charge is -2.14. The standard InChI is InChI=1S/C53H40N4/c1-37-15-11-24-44(31-37)49(35-54)56-53(55-36-38-16-5-2-6-17-38)45-25-12-23-43(32-45)47-27-14-28-51-52(47)48-34-42(40-20-9-4-10-21-40)29-30-50(48)57(51)46-26-13-22-41(33-46)39-18-7-3-8-19-39/h2-30,32-34,37H,31,36H2,1H3/b55-53-,56-49+. The molecule has 0 amide bonds. The average molecular weight is 733 g/mol. The Morgan fingerprint density at radius 2 is 1.32 bits per heavy atom. The molecule has 4 nitrogen and oxygen atoms in total. The van der Waals surface area contributed by atoms with Gasteiger partial charge in [0, 0.05) is 22.0 Å². The van der Waals surface area contributed by atoms with Crippen molar-refractivity contribution in [3.63, 3.8) is 0 Å². The van der Waals surface area contributed by atoms with Crippen LogP contribution in [-0.4, -0.2) is 16.1 Å². The van der Waals surface area contributed by atoms with E-state index in [1.165, 1.54) is 33.0 Å². The van der Waals surface area contributed by atoms with Gasteiger partial charge in [-0.3, -0.25) is 4.99 Å². The summed E-state index contributed by atoms with van der Waals surface area (Å²) in [6.45, 7) is 2.61. The molecule has 57 heavy (non-hydrogen) atoms. The molecule has 0 fully saturated rings. The minimum Gasteiger partial charge on any atom is -0.309 e. The van der Waals surface area contributed by atoms with Crippen molar-refractivity contribution in [1.29, 1.82) is 5.26 Å². The molecule has 1 aromatic heterocycles. The minimum absolute atomic E-state index is 0.336. The van der Waals surface area contributed by atoms with Crippen LogP contribution in [0.25, 0.3) is 60.9 Å². The summed E-state index contributed by atoms with van der Waals surface area (Å²) >= 11 is 0. The highest BCUT2D eigenvalue weighted by molar-refractivity contribution is 6.20. The average Bonchev–Trinajstić information content (AvgIpc) is 3.61. The number of nitrogens with zero attached hydrogens (tertiary/aromatic N) is 4. The highest BCUT2D eigenvalue weighted by Gasteiger charge is 2.19. The molecule has 1 unspecified atom stereocenters. The Bertz CT molecular complexity index is 2910. The molecule has 8 aromatic rings. The second-order valence-electron chi connectivity index (χ2n) is 14.6. The van der Waals surface area contributed by atoms with Crippen LogP contribution >= 0.6 is 0 Å². The van der Waals surface area contributed by atoms with Gasteiger partial charge < -0.3 is 4.57 Å². The fraction of sp³-hybridized carbons (Fsp3) is 0.0755. The first kappa shape index (κ1) is 35.4. The number of aromatic nitrogens is 1. The zero-order chi connectivity index (χ0) is 38.6. The van der Waals surface area contributed by atoms with Crippen molar-refractivity contribution in [2.45, 2.75) is 19.9 Å². The summed E-state index contributed by atoms with van der Waals surface area (Å²) in [5.74, 6) is 0.876. The molecular formula is C53H40N4. The predicted octanol–water partition coefficient (Wildman–Crippen LogP) is 13.2. The van der Waals surface area contributed by atoms with Gasteiger partial charge in [0.25, 0.3) is 0 Å². The topological polar surface area (TPSA) is 53.4 Å². The van der Waals surface area contributed by atoms with Crippen LogP contribution < -0.4 is 0 Å². The summed E-state index contributed by atoms with van der Waals surface area (Å²) in [4.78, 5) is 10.1. The van der Waals surface area contributed by atoms with Gasteiger partial charge in [0.05, 0.1) is 17.6 Å². The number of hydrogen-bond donors (Lipinski definition) is 0. The molecule has 0 aliphatic heterocycles. The predicted molar refractivity (Wildman–Crippen MR) is 238 cm³/mol. The number of aliphatic imine (C=N–C) groups is 2. The minimum atomic E-state index is 0.336. The van der Waals surface area contributed by atoms with Gasteiger partial charge in [-0.05, 0) is 93.3 Å². The van der Waals surface area contributed by atoms with Crippen LogP contribution in [0.5, 0.6) is 0 Å². The molecule has 0 spiro atoms. The Kier molecular flexibility index (Phi) is 9.79. The second-order valence-corrected chi connectivity index (χ2v) is 14.6. The number of benzene rings is 7. The van der Waals surface area contributed by atoms with E-state index < -0.39 is 0 Å². The van der Waals surface area contributed by atoms with Crippen molar-refractivity contribution in [3.05, 3.63) is 211 Å². The number of nitriles is 1. The van der Waals surface area contributed by atoms with E-state index >= 15 is 0 Å². The quantitative estimate of drug-likeness (QED) is 0.113. The molecule has 272 valence electrons. The van der Waals surface area contributed by atoms with E-state index in [-0.39, 0.29) is 0 Å². The van der Waals surface area contributed by atoms with Crippen LogP contribution in [0.4, 0.5) is 0 Å². The van der Waals surface area contributed by atoms with Gasteiger partial charge in [-0.15, -0.1) is 0 Å². The first-order chi connectivity index (χ1) is 28.1. The lowest BCUT2D eigenvalue weighted by molar-refractivity contribution is 0.724. The van der Waals surface area contributed by atoms with Gasteiger partial charge in [-0.1, -0.05) is 165 Å². The number of allylic oxidation sites excluding steroid dienone is 4. The largest absolute Gasteiger partial charge is 0.309 e. The van der Waals surface area contributed by atoms with Crippen molar-refractivity contribution in [3.8, 4) is 45.1 Å². The zero-order valence-electron chi connectivity index (χ0n) is 31.8. The number of fused-ring (bicyclic) bond motifs is 3. The Labute approximate surface area is 333 Å². The lowest BCUT2D eigenvalue weighted by atomic mass is 9.93. The van der Waals surface area contributed by atoms with Gasteiger partial charge >= 0.3 is 0 Å². The molecule has 0 saturated heterocycles. The summed E-state index contributed by atoms with van der Waals surface area (Å²) in [5.41, 5.74) is 13.5. The second kappa shape index (κ2) is 15.8. The lowest BCUT2D eigenvalue weighted by Crippen LogP contribution is -2.10. The summed E-state index contributed by atoms with van der Waals surface area (Å²) in [6, 6.07) is 64.4. The smallest absolute Gasteiger partial charge is 0.156 e. The van der Waals surface area contributed by atoms with Crippen molar-refractivity contribution in [2.24, 2.45) is 15.9 Å². The van der Waals surface area contributed by atoms with E-state index in [2.05, 4.69) is 181 Å². The van der Waals surface area contributed by atoms with E-state index in [0.717, 1.165) is 51.0 Å². The first-order valence-electron chi connectivity index (χ1n) is 19.5. The normalized spacial score (nSPS) is 14.5. The molecular weight excluding hydrogens is 693 g/mol. The zero-order valence-corrected chi connectivity index (χ0v) is 31.8. The van der Waals surface area contributed by atoms with Crippen molar-refractivity contribution < 1.29 is 0 Å². The Morgan fingerprint density at radius 1 is 0.649 bits per heavy atom. The third kappa shape index (κ3) is 7.27. The Hall–Kier alpha value is -7.35. The number of hydrogen-bond acceptors (Lipinski definition) is 2. The fourth-order valence-corrected chi connectivity index (χ4v) is 7.92. The Balaban J connectivity index is 1.23. The van der Waals surface area contributed by atoms with Crippen LogP contribution in [-0.2, 0) is 6.54 Å². The van der Waals surface area contributed by atoms with Crippen molar-refractivity contribution in [1.82, 2.24) is 4.57 Å². The van der Waals surface area contributed by atoms with Crippen LogP contribution in [0.15, 0.2) is 210 Å². The maximum Gasteiger partial charge on any atom is 0.156 e. The van der Waals surface area contributed by atoms with Crippen molar-refractivity contribution >= 4 is 33.4 Å². The summed E-state index contributed by atoms with van der Waals surface area (Å²) in [6.07, 6.45) is 6.95. The number of amidine groups is 1. The fourth-order valence-electron chi connectivity index (χ4n) is 7.92. The Morgan fingerprint density at radius 3 is 2.05 bits per heavy atom. The van der Waals surface area contributed by atoms with E-state index in [4.69, 9.17) is 9.98 Å². The SMILES string of the molecule is CC1C=CC=C(/C(C#N)=N/C(=N\Cc2ccccc2)c2cccc(-c3cccc4c3c3cc(-c5ccccc5)ccc3n4-c3cccc(-c4ccccc4)c3)c2)C1. The van der Waals surface area contributed by atoms with Gasteiger partial charge in [-0.2, -0.15) is 5.26 Å². The van der Waals surface area contributed by atoms with Crippen molar-refractivity contribution in [2.75, 3.05) is 0 Å². The molecule has 1 heterocycles. The molecule has 0 radical (unpaired) electrons. The van der Waals surface area contributed by atoms with Gasteiger partial charge in [0.15, 0.2) is 5.84 Å². The third-order valence-electron chi connectivity index (χ3n) is 10.7. The molecule has 7 aromatic carbocycles. The van der Waals surface area contributed by atoms with Crippen LogP contribution in [0.3, 0.4) is 0 Å². The van der Waals surface area contributed by atoms with Crippen LogP contribution in [0, 0.1) is 17.2 Å². The molecule has 0 N–H and O–H groups in total. The van der Waals surface area contributed by atoms with E-state index in [1.54, 1.807) is 0 Å². The molecule has 1 atom stereocenters. The van der Waals surface area contributed by atoms with E-state index in [0.29, 0.717) is 24.0 Å². The van der Waals surface area contributed by atoms with Gasteiger partial charge in [0.2, 0.25) is 0 Å². The third-order valence-corrected chi connectivity index (χ3v) is 10.7. The highest BCUT2D eigenvalue weighted by Crippen LogP contribution is 2.41. The maximum absolute atomic E-state index is 10.4. The van der Waals surface area contributed by atoms with Gasteiger partial charge in [0.1, 0.15) is 11.8 Å².